The van der Waals surface area contributed by atoms with Crippen molar-refractivity contribution in [1.82, 2.24) is 25.3 Å². The van der Waals surface area contributed by atoms with Gasteiger partial charge in [0.05, 0.1) is 31.6 Å². The molecule has 0 bridgehead atoms. The highest BCUT2D eigenvalue weighted by Gasteiger charge is 2.32. The minimum absolute atomic E-state index is 0.182. The summed E-state index contributed by atoms with van der Waals surface area (Å²) in [5.74, 6) is 0.453. The third kappa shape index (κ3) is 2.45. The Morgan fingerprint density at radius 2 is 2.45 bits per heavy atom. The smallest absolute Gasteiger partial charge is 0.272 e. The summed E-state index contributed by atoms with van der Waals surface area (Å²) in [6.07, 6.45) is 5.12. The number of nitrogens with one attached hydrogen (secondary N) is 2. The van der Waals surface area contributed by atoms with Crippen LogP contribution in [0.5, 0.6) is 5.75 Å². The summed E-state index contributed by atoms with van der Waals surface area (Å²) >= 11 is 0. The monoisotopic (exact) mass is 303 g/mol. The molecule has 2 aliphatic heterocycles. The Bertz CT molecular complexity index is 645. The number of fused-ring (bicyclic) bond motifs is 1. The molecule has 2 aromatic rings. The van der Waals surface area contributed by atoms with Gasteiger partial charge >= 0.3 is 0 Å². The van der Waals surface area contributed by atoms with E-state index in [0.717, 1.165) is 25.1 Å². The lowest BCUT2D eigenvalue weighted by molar-refractivity contribution is 0.0898. The van der Waals surface area contributed by atoms with Gasteiger partial charge in [0, 0.05) is 12.2 Å². The fraction of sp³-hybridized carbons (Fsp3) is 0.500. The molecule has 22 heavy (non-hydrogen) atoms. The number of carbonyl (C=O) groups is 1. The number of aryl methyl sites for hydroxylation is 2. The van der Waals surface area contributed by atoms with Gasteiger partial charge < -0.3 is 14.8 Å². The highest BCUT2D eigenvalue weighted by molar-refractivity contribution is 5.92. The lowest BCUT2D eigenvalue weighted by atomic mass is 10.2. The van der Waals surface area contributed by atoms with Gasteiger partial charge in [-0.05, 0) is 18.9 Å². The van der Waals surface area contributed by atoms with E-state index in [2.05, 4.69) is 20.6 Å². The Hall–Kier alpha value is -2.35. The van der Waals surface area contributed by atoms with Gasteiger partial charge in [0.1, 0.15) is 11.8 Å². The average molecular weight is 303 g/mol. The Balaban J connectivity index is 1.41. The van der Waals surface area contributed by atoms with Crippen molar-refractivity contribution in [2.45, 2.75) is 31.5 Å². The summed E-state index contributed by atoms with van der Waals surface area (Å²) in [6.45, 7) is 1.76. The Labute approximate surface area is 126 Å². The number of aromatic nitrogens is 4. The molecule has 0 spiro atoms. The standard InChI is InChI=1S/C14H17N5O3/c20-14(11-4-9-2-1-3-19(9)18-11)17-12-7-21-8-13(12)22-10-5-15-16-6-10/h4-6,12-13H,1-3,7-8H2,(H,15,16)(H,17,20)/t12-,13+/m0/s1. The molecule has 2 N–H and O–H groups in total. The molecule has 1 saturated heterocycles. The van der Waals surface area contributed by atoms with Crippen LogP contribution in [0.15, 0.2) is 18.5 Å². The second kappa shape index (κ2) is 5.45. The zero-order valence-corrected chi connectivity index (χ0v) is 12.0. The van der Waals surface area contributed by atoms with Crippen molar-refractivity contribution in [3.63, 3.8) is 0 Å². The number of carbonyl (C=O) groups excluding carboxylic acids is 1. The largest absolute Gasteiger partial charge is 0.482 e. The topological polar surface area (TPSA) is 94.1 Å². The minimum atomic E-state index is -0.226. The van der Waals surface area contributed by atoms with Gasteiger partial charge in [-0.2, -0.15) is 10.2 Å². The molecule has 2 aliphatic rings. The fourth-order valence-electron chi connectivity index (χ4n) is 2.88. The molecule has 0 aliphatic carbocycles. The van der Waals surface area contributed by atoms with Gasteiger partial charge in [0.2, 0.25) is 0 Å². The number of hydrogen-bond donors (Lipinski definition) is 2. The van der Waals surface area contributed by atoms with Crippen LogP contribution < -0.4 is 10.1 Å². The number of H-pyrrole nitrogens is 1. The van der Waals surface area contributed by atoms with E-state index in [0.29, 0.717) is 24.7 Å². The summed E-state index contributed by atoms with van der Waals surface area (Å²) in [4.78, 5) is 12.3. The molecule has 1 fully saturated rings. The van der Waals surface area contributed by atoms with Crippen LogP contribution in [0.3, 0.4) is 0 Å². The van der Waals surface area contributed by atoms with Crippen molar-refractivity contribution in [2.24, 2.45) is 0 Å². The first-order valence-corrected chi connectivity index (χ1v) is 7.40. The SMILES string of the molecule is O=C(N[C@H]1COC[C@H]1Oc1cn[nH]c1)c1cc2n(n1)CCC2. The number of hydrogen-bond acceptors (Lipinski definition) is 5. The summed E-state index contributed by atoms with van der Waals surface area (Å²) in [5, 5.41) is 13.8. The van der Waals surface area contributed by atoms with Crippen LogP contribution in [0, 0.1) is 0 Å². The van der Waals surface area contributed by atoms with Crippen LogP contribution in [-0.4, -0.2) is 51.2 Å². The molecule has 1 amide bonds. The van der Waals surface area contributed by atoms with E-state index in [1.165, 1.54) is 0 Å². The van der Waals surface area contributed by atoms with Gasteiger partial charge in [-0.3, -0.25) is 14.6 Å². The first-order chi connectivity index (χ1) is 10.8. The van der Waals surface area contributed by atoms with Crippen LogP contribution in [0.2, 0.25) is 0 Å². The summed E-state index contributed by atoms with van der Waals surface area (Å²) in [5.41, 5.74) is 1.59. The van der Waals surface area contributed by atoms with E-state index < -0.39 is 0 Å². The summed E-state index contributed by atoms with van der Waals surface area (Å²) in [7, 11) is 0. The molecule has 2 atom stereocenters. The van der Waals surface area contributed by atoms with Gasteiger partial charge in [-0.25, -0.2) is 0 Å². The fourth-order valence-corrected chi connectivity index (χ4v) is 2.88. The van der Waals surface area contributed by atoms with Crippen LogP contribution >= 0.6 is 0 Å². The minimum Gasteiger partial charge on any atom is -0.482 e. The number of nitrogens with zero attached hydrogens (tertiary/aromatic N) is 3. The maximum absolute atomic E-state index is 12.3. The molecule has 0 unspecified atom stereocenters. The van der Waals surface area contributed by atoms with Crippen molar-refractivity contribution in [1.29, 1.82) is 0 Å². The normalized spacial score (nSPS) is 23.5. The third-order valence-electron chi connectivity index (χ3n) is 4.00. The molecular weight excluding hydrogens is 286 g/mol. The second-order valence-electron chi connectivity index (χ2n) is 5.56. The van der Waals surface area contributed by atoms with Crippen molar-refractivity contribution in [2.75, 3.05) is 13.2 Å². The summed E-state index contributed by atoms with van der Waals surface area (Å²) < 4.78 is 13.1. The van der Waals surface area contributed by atoms with Gasteiger partial charge in [-0.15, -0.1) is 0 Å². The molecule has 0 aromatic carbocycles. The van der Waals surface area contributed by atoms with E-state index in [9.17, 15) is 4.79 Å². The van der Waals surface area contributed by atoms with Crippen molar-refractivity contribution < 1.29 is 14.3 Å². The van der Waals surface area contributed by atoms with Crippen LogP contribution in [0.4, 0.5) is 0 Å². The Morgan fingerprint density at radius 3 is 3.27 bits per heavy atom. The van der Waals surface area contributed by atoms with Crippen LogP contribution in [0.25, 0.3) is 0 Å². The lowest BCUT2D eigenvalue weighted by Gasteiger charge is -2.19. The quantitative estimate of drug-likeness (QED) is 0.837. The number of aromatic amines is 1. The first-order valence-electron chi connectivity index (χ1n) is 7.40. The van der Waals surface area contributed by atoms with Crippen molar-refractivity contribution >= 4 is 5.91 Å². The van der Waals surface area contributed by atoms with E-state index in [4.69, 9.17) is 9.47 Å². The number of rotatable bonds is 4. The molecule has 8 nitrogen and oxygen atoms in total. The summed E-state index contributed by atoms with van der Waals surface area (Å²) in [6, 6.07) is 1.67. The highest BCUT2D eigenvalue weighted by atomic mass is 16.5. The highest BCUT2D eigenvalue weighted by Crippen LogP contribution is 2.17. The predicted molar refractivity (Wildman–Crippen MR) is 75.6 cm³/mol. The van der Waals surface area contributed by atoms with Crippen molar-refractivity contribution in [3.05, 3.63) is 29.8 Å². The Morgan fingerprint density at radius 1 is 1.50 bits per heavy atom. The predicted octanol–water partition coefficient (Wildman–Crippen LogP) is 0.129. The molecule has 0 radical (unpaired) electrons. The molecule has 0 saturated carbocycles. The molecule has 2 aromatic heterocycles. The van der Waals surface area contributed by atoms with Gasteiger partial charge in [0.15, 0.2) is 5.75 Å². The molecule has 116 valence electrons. The van der Waals surface area contributed by atoms with Gasteiger partial charge in [-0.1, -0.05) is 0 Å². The molecule has 4 heterocycles. The molecule has 4 rings (SSSR count). The Kier molecular flexibility index (Phi) is 3.30. The van der Waals surface area contributed by atoms with E-state index in [-0.39, 0.29) is 18.1 Å². The van der Waals surface area contributed by atoms with Crippen LogP contribution in [0.1, 0.15) is 22.6 Å². The number of ether oxygens (including phenoxy) is 2. The maximum atomic E-state index is 12.3. The van der Waals surface area contributed by atoms with Gasteiger partial charge in [0.25, 0.3) is 5.91 Å². The zero-order valence-electron chi connectivity index (χ0n) is 12.0. The molecular formula is C14H17N5O3. The van der Waals surface area contributed by atoms with E-state index in [1.54, 1.807) is 12.4 Å². The molecule has 8 heteroatoms. The van der Waals surface area contributed by atoms with E-state index in [1.807, 2.05) is 10.7 Å². The first kappa shape index (κ1) is 13.3. The van der Waals surface area contributed by atoms with Crippen molar-refractivity contribution in [3.8, 4) is 5.75 Å². The lowest BCUT2D eigenvalue weighted by Crippen LogP contribution is -2.45. The van der Waals surface area contributed by atoms with E-state index >= 15 is 0 Å². The second-order valence-corrected chi connectivity index (χ2v) is 5.56. The van der Waals surface area contributed by atoms with Crippen LogP contribution in [-0.2, 0) is 17.7 Å². The zero-order chi connectivity index (χ0) is 14.9. The average Bonchev–Trinajstić information content (AvgIpc) is 3.22. The third-order valence-corrected chi connectivity index (χ3v) is 4.00. The maximum Gasteiger partial charge on any atom is 0.272 e. The number of amides is 1.